The number of hydrogen-bond acceptors (Lipinski definition) is 7. The number of nitrogens with zero attached hydrogens (tertiary/aromatic N) is 6. The minimum atomic E-state index is -0.983. The Kier molecular flexibility index (Phi) is 5.08. The van der Waals surface area contributed by atoms with Crippen LogP contribution in [0.3, 0.4) is 0 Å². The van der Waals surface area contributed by atoms with Gasteiger partial charge in [-0.15, -0.1) is 0 Å². The quantitative estimate of drug-likeness (QED) is 0.340. The summed E-state index contributed by atoms with van der Waals surface area (Å²) in [7, 11) is 1.19. The van der Waals surface area contributed by atoms with Crippen molar-refractivity contribution in [1.29, 1.82) is 5.26 Å². The number of benzene rings is 1. The van der Waals surface area contributed by atoms with Crippen LogP contribution in [0.15, 0.2) is 45.8 Å². The molecular weight excluding hydrogens is 376 g/mol. The van der Waals surface area contributed by atoms with Gasteiger partial charge in [-0.2, -0.15) is 10.2 Å². The Labute approximate surface area is 165 Å². The predicted molar refractivity (Wildman–Crippen MR) is 103 cm³/mol. The van der Waals surface area contributed by atoms with Crippen molar-refractivity contribution in [3.8, 4) is 17.6 Å². The first-order valence-corrected chi connectivity index (χ1v) is 8.51. The lowest BCUT2D eigenvalue weighted by Crippen LogP contribution is -2.31. The normalized spacial score (nSPS) is 14.6. The minimum absolute atomic E-state index is 0.00814. The van der Waals surface area contributed by atoms with Crippen LogP contribution in [0.2, 0.25) is 0 Å². The number of aromatic nitrogens is 2. The number of rotatable bonds is 3. The van der Waals surface area contributed by atoms with Gasteiger partial charge in [0.1, 0.15) is 17.2 Å². The number of ether oxygens (including phenoxy) is 2. The molecule has 3 rings (SSSR count). The van der Waals surface area contributed by atoms with E-state index in [0.29, 0.717) is 5.69 Å². The third-order valence-electron chi connectivity index (χ3n) is 4.25. The molecule has 10 nitrogen and oxygen atoms in total. The van der Waals surface area contributed by atoms with Crippen LogP contribution in [-0.2, 0) is 9.53 Å². The van der Waals surface area contributed by atoms with Crippen LogP contribution < -0.4 is 10.3 Å². The molecule has 1 aliphatic rings. The van der Waals surface area contributed by atoms with Gasteiger partial charge in [0.05, 0.1) is 23.9 Å². The lowest BCUT2D eigenvalue weighted by atomic mass is 9.94. The lowest BCUT2D eigenvalue weighted by molar-refractivity contribution is -0.136. The smallest absolute Gasteiger partial charge is 0.335 e. The Bertz CT molecular complexity index is 1170. The Balaban J connectivity index is 2.48. The van der Waals surface area contributed by atoms with Gasteiger partial charge in [-0.25, -0.2) is 4.79 Å². The summed E-state index contributed by atoms with van der Waals surface area (Å²) < 4.78 is 11.7. The number of hydrogen-bond donors (Lipinski definition) is 0. The molecule has 0 atom stereocenters. The van der Waals surface area contributed by atoms with Gasteiger partial charge in [0, 0.05) is 11.3 Å². The highest BCUT2D eigenvalue weighted by Crippen LogP contribution is 2.37. The van der Waals surface area contributed by atoms with Crippen molar-refractivity contribution in [2.24, 2.45) is 5.11 Å². The zero-order valence-corrected chi connectivity index (χ0v) is 15.9. The Hall–Kier alpha value is -4.09. The Morgan fingerprint density at radius 2 is 2.10 bits per heavy atom. The zero-order chi connectivity index (χ0) is 21.2. The number of azide groups is 1. The van der Waals surface area contributed by atoms with Crippen LogP contribution in [0.5, 0.6) is 5.88 Å². The highest BCUT2D eigenvalue weighted by atomic mass is 16.5. The van der Waals surface area contributed by atoms with Crippen molar-refractivity contribution >= 4 is 17.5 Å². The maximum atomic E-state index is 13.4. The molecule has 146 valence electrons. The van der Waals surface area contributed by atoms with Crippen molar-refractivity contribution in [3.63, 3.8) is 0 Å². The topological polar surface area (TPSA) is 143 Å². The number of fused-ring (bicyclic) bond motifs is 1. The summed E-state index contributed by atoms with van der Waals surface area (Å²) >= 11 is 0. The maximum Gasteiger partial charge on any atom is 0.335 e. The number of methoxy groups -OCH3 is 1. The van der Waals surface area contributed by atoms with Crippen LogP contribution >= 0.6 is 0 Å². The molecule has 0 amide bonds. The van der Waals surface area contributed by atoms with Crippen LogP contribution in [0.1, 0.15) is 25.8 Å². The molecule has 1 aliphatic heterocycles. The maximum absolute atomic E-state index is 13.4. The molecule has 0 unspecified atom stereocenters. The molecular formula is C19H16N6O4. The number of esters is 1. The van der Waals surface area contributed by atoms with Crippen LogP contribution in [0.25, 0.3) is 21.7 Å². The van der Waals surface area contributed by atoms with Gasteiger partial charge in [-0.1, -0.05) is 18.2 Å². The molecule has 29 heavy (non-hydrogen) atoms. The molecule has 0 aliphatic carbocycles. The zero-order valence-electron chi connectivity index (χ0n) is 15.9. The van der Waals surface area contributed by atoms with E-state index >= 15 is 0 Å². The summed E-state index contributed by atoms with van der Waals surface area (Å²) in [6, 6.07) is 10.3. The molecule has 2 aromatic rings. The van der Waals surface area contributed by atoms with Crippen molar-refractivity contribution in [2.45, 2.75) is 25.9 Å². The van der Waals surface area contributed by atoms with Crippen molar-refractivity contribution in [3.05, 3.63) is 62.3 Å². The van der Waals surface area contributed by atoms with Gasteiger partial charge in [-0.3, -0.25) is 9.36 Å². The predicted octanol–water partition coefficient (Wildman–Crippen LogP) is 3.19. The number of nitriles is 1. The van der Waals surface area contributed by atoms with Crippen LogP contribution in [0.4, 0.5) is 5.95 Å². The average molecular weight is 392 g/mol. The molecule has 1 aromatic heterocycles. The number of para-hydroxylation sites is 1. The average Bonchev–Trinajstić information content (AvgIpc) is 2.81. The second kappa shape index (κ2) is 7.50. The number of carbonyl (C=O) groups is 1. The van der Waals surface area contributed by atoms with Crippen molar-refractivity contribution < 1.29 is 14.3 Å². The molecule has 0 fully saturated rings. The van der Waals surface area contributed by atoms with E-state index in [-0.39, 0.29) is 35.0 Å². The van der Waals surface area contributed by atoms with E-state index < -0.39 is 17.1 Å². The van der Waals surface area contributed by atoms with E-state index in [2.05, 4.69) is 15.0 Å². The highest BCUT2D eigenvalue weighted by molar-refractivity contribution is 6.02. The van der Waals surface area contributed by atoms with Gasteiger partial charge in [0.2, 0.25) is 11.8 Å². The van der Waals surface area contributed by atoms with Crippen molar-refractivity contribution in [2.75, 3.05) is 7.11 Å². The fourth-order valence-corrected chi connectivity index (χ4v) is 3.08. The first kappa shape index (κ1) is 19.7. The van der Waals surface area contributed by atoms with E-state index in [0.717, 1.165) is 4.57 Å². The standard InChI is InChI=1S/C19H16N6O4/c1-19(2)9-12(17(27)28-3)13(10-20)14-15(29-19)22-18(23-24-21)25(16(14)26)11-7-5-4-6-8-11/h4-8H,9H2,1-3H3. The number of allylic oxidation sites excluding steroid dienone is 1. The summed E-state index contributed by atoms with van der Waals surface area (Å²) in [4.78, 5) is 32.7. The van der Waals surface area contributed by atoms with Gasteiger partial charge >= 0.3 is 5.97 Å². The second-order valence-corrected chi connectivity index (χ2v) is 6.75. The minimum Gasteiger partial charge on any atom is -0.471 e. The first-order chi connectivity index (χ1) is 13.8. The molecule has 0 saturated carbocycles. The van der Waals surface area contributed by atoms with Gasteiger partial charge in [0.25, 0.3) is 5.56 Å². The second-order valence-electron chi connectivity index (χ2n) is 6.75. The van der Waals surface area contributed by atoms with E-state index in [4.69, 9.17) is 15.0 Å². The van der Waals surface area contributed by atoms with E-state index in [1.807, 2.05) is 6.07 Å². The SMILES string of the molecule is COC(=O)C1=C(C#N)c2c(nc(N=[N+]=[N-])n(-c3ccccc3)c2=O)OC(C)(C)C1. The summed E-state index contributed by atoms with van der Waals surface area (Å²) in [6.45, 7) is 3.36. The molecule has 10 heteroatoms. The monoisotopic (exact) mass is 392 g/mol. The third-order valence-corrected chi connectivity index (χ3v) is 4.25. The molecule has 0 N–H and O–H groups in total. The first-order valence-electron chi connectivity index (χ1n) is 8.51. The molecule has 0 radical (unpaired) electrons. The Morgan fingerprint density at radius 3 is 2.69 bits per heavy atom. The fraction of sp³-hybridized carbons (Fsp3) is 0.263. The Morgan fingerprint density at radius 1 is 1.41 bits per heavy atom. The molecule has 0 spiro atoms. The van der Waals surface area contributed by atoms with Crippen molar-refractivity contribution in [1.82, 2.24) is 9.55 Å². The van der Waals surface area contributed by atoms with E-state index in [1.54, 1.807) is 44.2 Å². The van der Waals surface area contributed by atoms with Crippen LogP contribution in [0, 0.1) is 11.3 Å². The third kappa shape index (κ3) is 3.54. The summed E-state index contributed by atoms with van der Waals surface area (Å²) in [5.74, 6) is -1.18. The lowest BCUT2D eigenvalue weighted by Gasteiger charge is -2.25. The largest absolute Gasteiger partial charge is 0.471 e. The fourth-order valence-electron chi connectivity index (χ4n) is 3.08. The summed E-state index contributed by atoms with van der Waals surface area (Å²) in [5, 5.41) is 13.3. The highest BCUT2D eigenvalue weighted by Gasteiger charge is 2.36. The molecule has 0 saturated heterocycles. The van der Waals surface area contributed by atoms with E-state index in [9.17, 15) is 14.9 Å². The van der Waals surface area contributed by atoms with Gasteiger partial charge in [0.15, 0.2) is 0 Å². The summed E-state index contributed by atoms with van der Waals surface area (Å²) in [6.07, 6.45) is 0.0144. The van der Waals surface area contributed by atoms with Gasteiger partial charge in [-0.05, 0) is 36.6 Å². The summed E-state index contributed by atoms with van der Waals surface area (Å²) in [5.41, 5.74) is 7.23. The molecule has 2 heterocycles. The van der Waals surface area contributed by atoms with Crippen LogP contribution in [-0.4, -0.2) is 28.2 Å². The van der Waals surface area contributed by atoms with Gasteiger partial charge < -0.3 is 9.47 Å². The molecule has 1 aromatic carbocycles. The number of carbonyl (C=O) groups excluding carboxylic acids is 1. The van der Waals surface area contributed by atoms with E-state index in [1.165, 1.54) is 7.11 Å². The molecule has 0 bridgehead atoms.